The van der Waals surface area contributed by atoms with Crippen LogP contribution in [-0.4, -0.2) is 44.8 Å². The van der Waals surface area contributed by atoms with Crippen LogP contribution < -0.4 is 16.1 Å². The Morgan fingerprint density at radius 3 is 2.41 bits per heavy atom. The number of carbonyl (C=O) groups is 3. The fourth-order valence-electron chi connectivity index (χ4n) is 4.13. The maximum atomic E-state index is 13.2. The molecule has 1 aromatic heterocycles. The van der Waals surface area contributed by atoms with E-state index in [-0.39, 0.29) is 31.3 Å². The molecule has 0 radical (unpaired) electrons. The molecular formula is C27H36Cl2N6O4. The van der Waals surface area contributed by atoms with Gasteiger partial charge < -0.3 is 15.4 Å². The summed E-state index contributed by atoms with van der Waals surface area (Å²) in [5.74, 6) is -0.534. The lowest BCUT2D eigenvalue weighted by molar-refractivity contribution is -0.132. The number of nitrogens with zero attached hydrogens (tertiary/aromatic N) is 3. The molecule has 0 spiro atoms. The smallest absolute Gasteiger partial charge is 0.407 e. The van der Waals surface area contributed by atoms with Crippen LogP contribution in [-0.2, 0) is 41.0 Å². The molecule has 3 N–H and O–H groups in total. The maximum absolute atomic E-state index is 13.2. The molecule has 212 valence electrons. The predicted octanol–water partition coefficient (Wildman–Crippen LogP) is 4.32. The van der Waals surface area contributed by atoms with Crippen LogP contribution in [0.15, 0.2) is 29.3 Å². The van der Waals surface area contributed by atoms with Gasteiger partial charge in [0.05, 0.1) is 12.1 Å². The minimum atomic E-state index is -0.611. The van der Waals surface area contributed by atoms with E-state index in [9.17, 15) is 14.4 Å². The first-order valence-electron chi connectivity index (χ1n) is 12.7. The number of aromatic nitrogens is 2. The van der Waals surface area contributed by atoms with Gasteiger partial charge in [0.25, 0.3) is 5.91 Å². The summed E-state index contributed by atoms with van der Waals surface area (Å²) in [7, 11) is 1.76. The van der Waals surface area contributed by atoms with E-state index in [1.54, 1.807) is 50.7 Å². The zero-order valence-electron chi connectivity index (χ0n) is 23.2. The van der Waals surface area contributed by atoms with Crippen molar-refractivity contribution in [2.45, 2.75) is 72.7 Å². The Balaban J connectivity index is 1.59. The standard InChI is InChI=1S/C27H36Cl2N6O4/c1-16-9-10-35(32-15-22-17(2)33-34(6)24(22)29)25(37)21(16)12-23(36)30-14-19-11-20(28)8-7-18(19)13-31-26(38)39-27(3,4)5/h7-8,11,32H,9-10,12-15H2,1-6H3,(H,30,36)(H,31,38). The number of hydrazine groups is 1. The minimum absolute atomic E-state index is 0.0540. The quantitative estimate of drug-likeness (QED) is 0.408. The van der Waals surface area contributed by atoms with Gasteiger partial charge in [-0.1, -0.05) is 34.8 Å². The molecule has 0 saturated heterocycles. The van der Waals surface area contributed by atoms with Gasteiger partial charge in [-0.05, 0) is 64.3 Å². The van der Waals surface area contributed by atoms with Gasteiger partial charge in [0, 0.05) is 49.4 Å². The number of ether oxygens (including phenoxy) is 1. The number of hydrogen-bond acceptors (Lipinski definition) is 6. The van der Waals surface area contributed by atoms with Gasteiger partial charge in [-0.3, -0.25) is 19.3 Å². The van der Waals surface area contributed by atoms with E-state index in [0.29, 0.717) is 35.3 Å². The molecule has 2 aromatic rings. The van der Waals surface area contributed by atoms with E-state index < -0.39 is 11.7 Å². The number of amides is 3. The highest BCUT2D eigenvalue weighted by Crippen LogP contribution is 2.23. The summed E-state index contributed by atoms with van der Waals surface area (Å²) in [5, 5.41) is 12.4. The van der Waals surface area contributed by atoms with E-state index in [4.69, 9.17) is 27.9 Å². The SMILES string of the molecule is CC1=C(CC(=O)NCc2cc(Cl)ccc2CNC(=O)OC(C)(C)C)C(=O)N(NCc2c(C)nn(C)c2Cl)CC1. The van der Waals surface area contributed by atoms with Gasteiger partial charge >= 0.3 is 6.09 Å². The first kappa shape index (κ1) is 30.5. The van der Waals surface area contributed by atoms with E-state index in [2.05, 4.69) is 21.2 Å². The highest BCUT2D eigenvalue weighted by molar-refractivity contribution is 6.30. The Labute approximate surface area is 239 Å². The summed E-state index contributed by atoms with van der Waals surface area (Å²) < 4.78 is 6.87. The number of aryl methyl sites for hydroxylation is 2. The third-order valence-electron chi connectivity index (χ3n) is 6.25. The van der Waals surface area contributed by atoms with Crippen LogP contribution in [0.2, 0.25) is 10.2 Å². The highest BCUT2D eigenvalue weighted by Gasteiger charge is 2.27. The topological polar surface area (TPSA) is 118 Å². The van der Waals surface area contributed by atoms with Gasteiger partial charge in [-0.2, -0.15) is 5.10 Å². The van der Waals surface area contributed by atoms with Crippen LogP contribution in [0.5, 0.6) is 0 Å². The van der Waals surface area contributed by atoms with Crippen molar-refractivity contribution in [3.05, 3.63) is 61.9 Å². The van der Waals surface area contributed by atoms with Crippen LogP contribution in [0.4, 0.5) is 4.79 Å². The summed E-state index contributed by atoms with van der Waals surface area (Å²) in [6, 6.07) is 5.25. The molecule has 12 heteroatoms. The molecule has 1 aliphatic heterocycles. The van der Waals surface area contributed by atoms with Crippen molar-refractivity contribution in [1.82, 2.24) is 30.8 Å². The number of carbonyl (C=O) groups excluding carboxylic acids is 3. The molecule has 10 nitrogen and oxygen atoms in total. The second kappa shape index (κ2) is 12.8. The monoisotopic (exact) mass is 578 g/mol. The summed E-state index contributed by atoms with van der Waals surface area (Å²) in [4.78, 5) is 38.1. The zero-order chi connectivity index (χ0) is 28.9. The van der Waals surface area contributed by atoms with Crippen molar-refractivity contribution in [2.75, 3.05) is 6.54 Å². The third-order valence-corrected chi connectivity index (χ3v) is 6.96. The van der Waals surface area contributed by atoms with E-state index in [1.165, 1.54) is 5.01 Å². The van der Waals surface area contributed by atoms with Crippen molar-refractivity contribution in [3.8, 4) is 0 Å². The second-order valence-corrected chi connectivity index (χ2v) is 11.3. The van der Waals surface area contributed by atoms with Crippen LogP contribution in [0.3, 0.4) is 0 Å². The Morgan fingerprint density at radius 1 is 1.08 bits per heavy atom. The number of halogens is 2. The largest absolute Gasteiger partial charge is 0.444 e. The summed E-state index contributed by atoms with van der Waals surface area (Å²) in [5.41, 5.74) is 7.00. The van der Waals surface area contributed by atoms with Crippen LogP contribution >= 0.6 is 23.2 Å². The number of hydrogen-bond donors (Lipinski definition) is 3. The molecule has 0 saturated carbocycles. The fourth-order valence-corrected chi connectivity index (χ4v) is 4.57. The molecule has 0 fully saturated rings. The number of benzene rings is 1. The first-order chi connectivity index (χ1) is 18.2. The molecule has 1 aliphatic rings. The van der Waals surface area contributed by atoms with Crippen molar-refractivity contribution >= 4 is 41.1 Å². The van der Waals surface area contributed by atoms with Crippen LogP contribution in [0.25, 0.3) is 0 Å². The lowest BCUT2D eigenvalue weighted by Gasteiger charge is -2.30. The summed E-state index contributed by atoms with van der Waals surface area (Å²) in [6.45, 7) is 10.3. The number of rotatable bonds is 9. The van der Waals surface area contributed by atoms with Gasteiger partial charge in [-0.15, -0.1) is 0 Å². The average Bonchev–Trinajstić information content (AvgIpc) is 3.08. The molecule has 1 aromatic carbocycles. The maximum Gasteiger partial charge on any atom is 0.407 e. The zero-order valence-corrected chi connectivity index (χ0v) is 24.7. The predicted molar refractivity (Wildman–Crippen MR) is 150 cm³/mol. The van der Waals surface area contributed by atoms with Crippen molar-refractivity contribution in [2.24, 2.45) is 7.05 Å². The Morgan fingerprint density at radius 2 is 1.77 bits per heavy atom. The summed E-state index contributed by atoms with van der Waals surface area (Å²) >= 11 is 12.5. The molecule has 39 heavy (non-hydrogen) atoms. The third kappa shape index (κ3) is 8.45. The molecule has 0 unspecified atom stereocenters. The second-order valence-electron chi connectivity index (χ2n) is 10.5. The van der Waals surface area contributed by atoms with Gasteiger partial charge in [-0.25, -0.2) is 10.2 Å². The van der Waals surface area contributed by atoms with Gasteiger partial charge in [0.1, 0.15) is 10.8 Å². The van der Waals surface area contributed by atoms with E-state index in [1.807, 2.05) is 13.8 Å². The normalized spacial score (nSPS) is 14.1. The van der Waals surface area contributed by atoms with Crippen LogP contribution in [0.1, 0.15) is 62.9 Å². The Hall–Kier alpha value is -3.08. The molecule has 3 rings (SSSR count). The lowest BCUT2D eigenvalue weighted by Crippen LogP contribution is -2.47. The van der Waals surface area contributed by atoms with Crippen molar-refractivity contribution in [1.29, 1.82) is 0 Å². The van der Waals surface area contributed by atoms with Gasteiger partial charge in [0.15, 0.2) is 0 Å². The first-order valence-corrected chi connectivity index (χ1v) is 13.4. The number of nitrogens with one attached hydrogen (secondary N) is 3. The molecule has 0 atom stereocenters. The molecular weight excluding hydrogens is 543 g/mol. The highest BCUT2D eigenvalue weighted by atomic mass is 35.5. The number of alkyl carbamates (subject to hydrolysis) is 1. The lowest BCUT2D eigenvalue weighted by atomic mass is 9.98. The van der Waals surface area contributed by atoms with Crippen molar-refractivity contribution < 1.29 is 19.1 Å². The minimum Gasteiger partial charge on any atom is -0.444 e. The van der Waals surface area contributed by atoms with Crippen LogP contribution in [0, 0.1) is 6.92 Å². The molecule has 0 aliphatic carbocycles. The van der Waals surface area contributed by atoms with Crippen molar-refractivity contribution in [3.63, 3.8) is 0 Å². The van der Waals surface area contributed by atoms with E-state index in [0.717, 1.165) is 28.0 Å². The van der Waals surface area contributed by atoms with E-state index >= 15 is 0 Å². The molecule has 2 heterocycles. The van der Waals surface area contributed by atoms with Gasteiger partial charge in [0.2, 0.25) is 5.91 Å². The summed E-state index contributed by atoms with van der Waals surface area (Å²) in [6.07, 6.45) is 0.0575. The Bertz CT molecular complexity index is 1280. The Kier molecular flexibility index (Phi) is 10.0. The molecule has 0 bridgehead atoms. The average molecular weight is 580 g/mol. The molecule has 3 amide bonds. The fraction of sp³-hybridized carbons (Fsp3) is 0.481.